The summed E-state index contributed by atoms with van der Waals surface area (Å²) < 4.78 is 0. The number of hydrogen-bond acceptors (Lipinski definition) is 3. The molecular weight excluding hydrogens is 316 g/mol. The van der Waals surface area contributed by atoms with Crippen molar-refractivity contribution < 1.29 is 14.4 Å². The Kier molecular flexibility index (Phi) is 6.46. The molecule has 0 bridgehead atoms. The molecule has 25 heavy (non-hydrogen) atoms. The zero-order valence-electron chi connectivity index (χ0n) is 14.5. The molecule has 2 rings (SSSR count). The molecule has 0 spiro atoms. The molecule has 5 heteroatoms. The van der Waals surface area contributed by atoms with Crippen LogP contribution in [0.5, 0.6) is 0 Å². The van der Waals surface area contributed by atoms with E-state index in [2.05, 4.69) is 10.6 Å². The van der Waals surface area contributed by atoms with Gasteiger partial charge in [0, 0.05) is 24.1 Å². The first kappa shape index (κ1) is 18.4. The third kappa shape index (κ3) is 5.57. The van der Waals surface area contributed by atoms with Gasteiger partial charge >= 0.3 is 0 Å². The summed E-state index contributed by atoms with van der Waals surface area (Å²) in [6.45, 7) is 3.71. The topological polar surface area (TPSA) is 75.3 Å². The van der Waals surface area contributed by atoms with Gasteiger partial charge in [0.2, 0.25) is 11.8 Å². The average molecular weight is 338 g/mol. The molecule has 0 aliphatic heterocycles. The zero-order chi connectivity index (χ0) is 18.2. The number of amides is 2. The van der Waals surface area contributed by atoms with E-state index in [-0.39, 0.29) is 37.0 Å². The van der Waals surface area contributed by atoms with Crippen LogP contribution in [0.15, 0.2) is 48.5 Å². The molecule has 0 saturated carbocycles. The molecule has 0 atom stereocenters. The minimum atomic E-state index is -0.319. The van der Waals surface area contributed by atoms with Gasteiger partial charge in [-0.25, -0.2) is 0 Å². The molecule has 0 aliphatic carbocycles. The molecule has 0 aromatic heterocycles. The second-order valence-electron chi connectivity index (χ2n) is 5.88. The molecule has 2 N–H and O–H groups in total. The highest BCUT2D eigenvalue weighted by Crippen LogP contribution is 2.18. The van der Waals surface area contributed by atoms with Crippen molar-refractivity contribution in [1.29, 1.82) is 0 Å². The van der Waals surface area contributed by atoms with Crippen LogP contribution in [0.3, 0.4) is 0 Å². The molecule has 0 unspecified atom stereocenters. The van der Waals surface area contributed by atoms with Crippen LogP contribution in [0.2, 0.25) is 0 Å². The number of Topliss-reactive ketones (excluding diaryl/α,β-unsaturated/α-hetero) is 1. The largest absolute Gasteiger partial charge is 0.347 e. The van der Waals surface area contributed by atoms with Crippen molar-refractivity contribution in [2.75, 3.05) is 11.9 Å². The summed E-state index contributed by atoms with van der Waals surface area (Å²) >= 11 is 0. The Bertz CT molecular complexity index is 750. The van der Waals surface area contributed by atoms with Gasteiger partial charge in [-0.2, -0.15) is 0 Å². The number of nitrogens with one attached hydrogen (secondary N) is 2. The standard InChI is InChI=1S/C20H22N2O3/c1-14-7-6-8-15(2)20(14)22-19(25)13-21-18(24)12-11-17(23)16-9-4-3-5-10-16/h3-10H,11-13H2,1-2H3,(H,21,24)(H,22,25). The normalized spacial score (nSPS) is 10.2. The van der Waals surface area contributed by atoms with Crippen LogP contribution in [0, 0.1) is 13.8 Å². The molecule has 0 saturated heterocycles. The first-order valence-electron chi connectivity index (χ1n) is 8.18. The van der Waals surface area contributed by atoms with Gasteiger partial charge in [-0.3, -0.25) is 14.4 Å². The minimum Gasteiger partial charge on any atom is -0.347 e. The summed E-state index contributed by atoms with van der Waals surface area (Å²) in [5.74, 6) is -0.697. The van der Waals surface area contributed by atoms with E-state index in [4.69, 9.17) is 0 Å². The Morgan fingerprint density at radius 3 is 2.08 bits per heavy atom. The van der Waals surface area contributed by atoms with Crippen LogP contribution >= 0.6 is 0 Å². The Morgan fingerprint density at radius 1 is 0.800 bits per heavy atom. The molecule has 0 heterocycles. The van der Waals surface area contributed by atoms with E-state index in [0.29, 0.717) is 5.56 Å². The number of carbonyl (C=O) groups excluding carboxylic acids is 3. The van der Waals surface area contributed by atoms with Crippen molar-refractivity contribution in [3.8, 4) is 0 Å². The maximum absolute atomic E-state index is 12.0. The highest BCUT2D eigenvalue weighted by Gasteiger charge is 2.11. The van der Waals surface area contributed by atoms with E-state index >= 15 is 0 Å². The number of anilines is 1. The Labute approximate surface area is 147 Å². The molecule has 2 amide bonds. The third-order valence-electron chi connectivity index (χ3n) is 3.87. The molecule has 0 aliphatic rings. The molecule has 5 nitrogen and oxygen atoms in total. The lowest BCUT2D eigenvalue weighted by molar-refractivity contribution is -0.124. The summed E-state index contributed by atoms with van der Waals surface area (Å²) in [4.78, 5) is 35.8. The van der Waals surface area contributed by atoms with Gasteiger partial charge in [0.05, 0.1) is 6.54 Å². The van der Waals surface area contributed by atoms with Gasteiger partial charge in [0.25, 0.3) is 0 Å². The van der Waals surface area contributed by atoms with Gasteiger partial charge < -0.3 is 10.6 Å². The highest BCUT2D eigenvalue weighted by molar-refractivity contribution is 5.99. The second kappa shape index (κ2) is 8.78. The minimum absolute atomic E-state index is 0.0599. The summed E-state index contributed by atoms with van der Waals surface area (Å²) in [6.07, 6.45) is 0.179. The highest BCUT2D eigenvalue weighted by atomic mass is 16.2. The van der Waals surface area contributed by atoms with Crippen LogP contribution in [0.25, 0.3) is 0 Å². The number of aryl methyl sites for hydroxylation is 2. The lowest BCUT2D eigenvalue weighted by Gasteiger charge is -2.11. The van der Waals surface area contributed by atoms with E-state index in [0.717, 1.165) is 16.8 Å². The SMILES string of the molecule is Cc1cccc(C)c1NC(=O)CNC(=O)CCC(=O)c1ccccc1. The van der Waals surface area contributed by atoms with Crippen LogP contribution in [0.4, 0.5) is 5.69 Å². The number of rotatable bonds is 7. The van der Waals surface area contributed by atoms with Crippen molar-refractivity contribution >= 4 is 23.3 Å². The smallest absolute Gasteiger partial charge is 0.243 e. The predicted octanol–water partition coefficient (Wildman–Crippen LogP) is 3.02. The van der Waals surface area contributed by atoms with E-state index in [1.807, 2.05) is 38.1 Å². The molecule has 2 aromatic rings. The predicted molar refractivity (Wildman–Crippen MR) is 97.6 cm³/mol. The fraction of sp³-hybridized carbons (Fsp3) is 0.250. The number of ketones is 1. The lowest BCUT2D eigenvalue weighted by Crippen LogP contribution is -2.33. The number of para-hydroxylation sites is 1. The Morgan fingerprint density at radius 2 is 1.44 bits per heavy atom. The fourth-order valence-electron chi connectivity index (χ4n) is 2.46. The van der Waals surface area contributed by atoms with Crippen molar-refractivity contribution in [1.82, 2.24) is 5.32 Å². The quantitative estimate of drug-likeness (QED) is 0.762. The van der Waals surface area contributed by atoms with Crippen molar-refractivity contribution in [2.45, 2.75) is 26.7 Å². The van der Waals surface area contributed by atoms with E-state index < -0.39 is 0 Å². The third-order valence-corrected chi connectivity index (χ3v) is 3.87. The summed E-state index contributed by atoms with van der Waals surface area (Å²) in [5.41, 5.74) is 3.28. The summed E-state index contributed by atoms with van der Waals surface area (Å²) in [6, 6.07) is 14.6. The second-order valence-corrected chi connectivity index (χ2v) is 5.88. The van der Waals surface area contributed by atoms with E-state index in [9.17, 15) is 14.4 Å². The van der Waals surface area contributed by atoms with Crippen LogP contribution < -0.4 is 10.6 Å². The summed E-state index contributed by atoms with van der Waals surface area (Å²) in [5, 5.41) is 5.35. The van der Waals surface area contributed by atoms with Crippen molar-refractivity contribution in [2.24, 2.45) is 0 Å². The first-order valence-corrected chi connectivity index (χ1v) is 8.18. The van der Waals surface area contributed by atoms with Gasteiger partial charge in [0.15, 0.2) is 5.78 Å². The zero-order valence-corrected chi connectivity index (χ0v) is 14.5. The van der Waals surface area contributed by atoms with Crippen LogP contribution in [-0.2, 0) is 9.59 Å². The lowest BCUT2D eigenvalue weighted by atomic mass is 10.1. The Balaban J connectivity index is 1.76. The maximum atomic E-state index is 12.0. The van der Waals surface area contributed by atoms with Gasteiger partial charge in [0.1, 0.15) is 0 Å². The number of hydrogen-bond donors (Lipinski definition) is 2. The average Bonchev–Trinajstić information content (AvgIpc) is 2.62. The van der Waals surface area contributed by atoms with Crippen molar-refractivity contribution in [3.05, 3.63) is 65.2 Å². The van der Waals surface area contributed by atoms with E-state index in [1.165, 1.54) is 0 Å². The molecule has 130 valence electrons. The first-order chi connectivity index (χ1) is 12.0. The number of benzene rings is 2. The van der Waals surface area contributed by atoms with Crippen LogP contribution in [-0.4, -0.2) is 24.1 Å². The molecular formula is C20H22N2O3. The Hall–Kier alpha value is -2.95. The van der Waals surface area contributed by atoms with Gasteiger partial charge in [-0.05, 0) is 25.0 Å². The van der Waals surface area contributed by atoms with Gasteiger partial charge in [-0.15, -0.1) is 0 Å². The monoisotopic (exact) mass is 338 g/mol. The molecule has 2 aromatic carbocycles. The molecule has 0 fully saturated rings. The van der Waals surface area contributed by atoms with Crippen molar-refractivity contribution in [3.63, 3.8) is 0 Å². The maximum Gasteiger partial charge on any atom is 0.243 e. The van der Waals surface area contributed by atoms with Crippen LogP contribution in [0.1, 0.15) is 34.3 Å². The van der Waals surface area contributed by atoms with E-state index in [1.54, 1.807) is 24.3 Å². The molecule has 0 radical (unpaired) electrons. The number of carbonyl (C=O) groups is 3. The van der Waals surface area contributed by atoms with Gasteiger partial charge in [-0.1, -0.05) is 48.5 Å². The summed E-state index contributed by atoms with van der Waals surface area (Å²) in [7, 11) is 0. The fourth-order valence-corrected chi connectivity index (χ4v) is 2.46.